The van der Waals surface area contributed by atoms with Crippen molar-refractivity contribution < 1.29 is 4.92 Å². The normalized spacial score (nSPS) is 16.6. The van der Waals surface area contributed by atoms with Crippen molar-refractivity contribution in [1.29, 1.82) is 0 Å². The number of hydrogen-bond donors (Lipinski definition) is 1. The summed E-state index contributed by atoms with van der Waals surface area (Å²) >= 11 is 0. The second kappa shape index (κ2) is 6.47. The highest BCUT2D eigenvalue weighted by Crippen LogP contribution is 2.24. The molecule has 0 amide bonds. The molecule has 0 atom stereocenters. The van der Waals surface area contributed by atoms with Gasteiger partial charge < -0.3 is 10.2 Å². The summed E-state index contributed by atoms with van der Waals surface area (Å²) < 4.78 is 0. The van der Waals surface area contributed by atoms with Crippen LogP contribution in [0.2, 0.25) is 0 Å². The molecule has 0 bridgehead atoms. The summed E-state index contributed by atoms with van der Waals surface area (Å²) in [5, 5.41) is 13.8. The van der Waals surface area contributed by atoms with Gasteiger partial charge in [-0.15, -0.1) is 0 Å². The Morgan fingerprint density at radius 1 is 1.47 bits per heavy atom. The molecule has 2 rings (SSSR count). The third-order valence-corrected chi connectivity index (χ3v) is 3.68. The first-order chi connectivity index (χ1) is 9.20. The lowest BCUT2D eigenvalue weighted by Crippen LogP contribution is -2.34. The van der Waals surface area contributed by atoms with E-state index in [0.717, 1.165) is 31.4 Å². The van der Waals surface area contributed by atoms with Gasteiger partial charge in [-0.2, -0.15) is 0 Å². The number of hydrogen-bond acceptors (Lipinski definition) is 5. The number of nitrogens with zero attached hydrogens (tertiary/aromatic N) is 3. The zero-order valence-electron chi connectivity index (χ0n) is 11.2. The molecule has 0 spiro atoms. The van der Waals surface area contributed by atoms with Crippen LogP contribution in [-0.4, -0.2) is 36.6 Å². The Labute approximate surface area is 113 Å². The first kappa shape index (κ1) is 13.7. The molecule has 1 aromatic heterocycles. The summed E-state index contributed by atoms with van der Waals surface area (Å²) in [5.74, 6) is 1.62. The smallest absolute Gasteiger partial charge is 0.287 e. The first-order valence-corrected chi connectivity index (χ1v) is 6.70. The second-order valence-electron chi connectivity index (χ2n) is 4.95. The summed E-state index contributed by atoms with van der Waals surface area (Å²) in [5.41, 5.74) is 0.0488. The number of piperidine rings is 1. The second-order valence-corrected chi connectivity index (χ2v) is 4.95. The number of anilines is 1. The third kappa shape index (κ3) is 3.64. The van der Waals surface area contributed by atoms with Gasteiger partial charge in [-0.3, -0.25) is 10.1 Å². The van der Waals surface area contributed by atoms with E-state index in [1.807, 2.05) is 7.05 Å². The molecule has 1 N–H and O–H groups in total. The minimum absolute atomic E-state index is 0.0488. The Bertz CT molecular complexity index is 413. The zero-order valence-corrected chi connectivity index (χ0v) is 11.2. The molecule has 19 heavy (non-hydrogen) atoms. The Morgan fingerprint density at radius 3 is 2.74 bits per heavy atom. The van der Waals surface area contributed by atoms with E-state index in [1.54, 1.807) is 6.07 Å². The van der Waals surface area contributed by atoms with E-state index in [1.165, 1.54) is 31.5 Å². The van der Waals surface area contributed by atoms with Gasteiger partial charge in [0.15, 0.2) is 0 Å². The monoisotopic (exact) mass is 264 g/mol. The van der Waals surface area contributed by atoms with Crippen molar-refractivity contribution in [2.75, 3.05) is 31.6 Å². The lowest BCUT2D eigenvalue weighted by atomic mass is 9.93. The predicted molar refractivity (Wildman–Crippen MR) is 74.4 cm³/mol. The maximum absolute atomic E-state index is 10.6. The van der Waals surface area contributed by atoms with Gasteiger partial charge >= 0.3 is 0 Å². The highest BCUT2D eigenvalue weighted by atomic mass is 16.6. The molecule has 0 aliphatic carbocycles. The Morgan fingerprint density at radius 2 is 2.21 bits per heavy atom. The largest absolute Gasteiger partial charge is 0.357 e. The summed E-state index contributed by atoms with van der Waals surface area (Å²) in [7, 11) is 1.98. The molecule has 0 saturated carbocycles. The molecule has 1 saturated heterocycles. The van der Waals surface area contributed by atoms with E-state index in [4.69, 9.17) is 0 Å². The van der Waals surface area contributed by atoms with Gasteiger partial charge in [0.2, 0.25) is 0 Å². The van der Waals surface area contributed by atoms with Crippen molar-refractivity contribution in [2.24, 2.45) is 5.92 Å². The SMILES string of the molecule is CNCCC1CCN(c2ccc([N+](=O)[O-])cn2)CC1. The van der Waals surface area contributed by atoms with E-state index in [9.17, 15) is 10.1 Å². The molecule has 2 heterocycles. The van der Waals surface area contributed by atoms with Crippen LogP contribution in [0.15, 0.2) is 18.3 Å². The van der Waals surface area contributed by atoms with Gasteiger partial charge in [0.25, 0.3) is 5.69 Å². The first-order valence-electron chi connectivity index (χ1n) is 6.70. The van der Waals surface area contributed by atoms with Gasteiger partial charge in [-0.05, 0) is 44.8 Å². The molecule has 1 fully saturated rings. The van der Waals surface area contributed by atoms with Gasteiger partial charge in [0, 0.05) is 19.2 Å². The van der Waals surface area contributed by atoms with Gasteiger partial charge in [0.05, 0.1) is 4.92 Å². The van der Waals surface area contributed by atoms with E-state index in [-0.39, 0.29) is 5.69 Å². The quantitative estimate of drug-likeness (QED) is 0.648. The number of rotatable bonds is 5. The molecule has 1 aliphatic rings. The number of pyridine rings is 1. The van der Waals surface area contributed by atoms with Crippen LogP contribution in [0, 0.1) is 16.0 Å². The van der Waals surface area contributed by atoms with Crippen molar-refractivity contribution in [3.63, 3.8) is 0 Å². The molecular formula is C13H20N4O2. The van der Waals surface area contributed by atoms with Crippen LogP contribution in [0.5, 0.6) is 0 Å². The standard InChI is InChI=1S/C13H20N4O2/c1-14-7-4-11-5-8-16(9-6-11)13-3-2-12(10-15-13)17(18)19/h2-3,10-11,14H,4-9H2,1H3. The molecule has 1 aromatic rings. The average molecular weight is 264 g/mol. The predicted octanol–water partition coefficient (Wildman–Crippen LogP) is 1.82. The summed E-state index contributed by atoms with van der Waals surface area (Å²) in [4.78, 5) is 16.6. The number of nitro groups is 1. The fourth-order valence-corrected chi connectivity index (χ4v) is 2.47. The van der Waals surface area contributed by atoms with Crippen LogP contribution < -0.4 is 10.2 Å². The fourth-order valence-electron chi connectivity index (χ4n) is 2.47. The topological polar surface area (TPSA) is 71.3 Å². The molecule has 0 aromatic carbocycles. The van der Waals surface area contributed by atoms with Crippen molar-refractivity contribution in [2.45, 2.75) is 19.3 Å². The van der Waals surface area contributed by atoms with Crippen molar-refractivity contribution in [3.05, 3.63) is 28.4 Å². The summed E-state index contributed by atoms with van der Waals surface area (Å²) in [6.07, 6.45) is 4.89. The lowest BCUT2D eigenvalue weighted by molar-refractivity contribution is -0.385. The highest BCUT2D eigenvalue weighted by molar-refractivity contribution is 5.43. The third-order valence-electron chi connectivity index (χ3n) is 3.68. The highest BCUT2D eigenvalue weighted by Gasteiger charge is 2.20. The Kier molecular flexibility index (Phi) is 4.68. The maximum atomic E-state index is 10.6. The summed E-state index contributed by atoms with van der Waals surface area (Å²) in [6.45, 7) is 3.04. The van der Waals surface area contributed by atoms with E-state index in [0.29, 0.717) is 0 Å². The van der Waals surface area contributed by atoms with Crippen LogP contribution >= 0.6 is 0 Å². The van der Waals surface area contributed by atoms with E-state index in [2.05, 4.69) is 15.2 Å². The van der Waals surface area contributed by atoms with Crippen LogP contribution in [-0.2, 0) is 0 Å². The molecular weight excluding hydrogens is 244 g/mol. The zero-order chi connectivity index (χ0) is 13.7. The van der Waals surface area contributed by atoms with Crippen molar-refractivity contribution in [3.8, 4) is 0 Å². The van der Waals surface area contributed by atoms with Crippen LogP contribution in [0.25, 0.3) is 0 Å². The number of aromatic nitrogens is 1. The fraction of sp³-hybridized carbons (Fsp3) is 0.615. The lowest BCUT2D eigenvalue weighted by Gasteiger charge is -2.32. The van der Waals surface area contributed by atoms with Crippen LogP contribution in [0.1, 0.15) is 19.3 Å². The Hall–Kier alpha value is -1.69. The molecule has 6 nitrogen and oxygen atoms in total. The van der Waals surface area contributed by atoms with Gasteiger partial charge in [-0.1, -0.05) is 0 Å². The minimum Gasteiger partial charge on any atom is -0.357 e. The molecule has 1 aliphatic heterocycles. The van der Waals surface area contributed by atoms with Gasteiger partial charge in [-0.25, -0.2) is 4.98 Å². The molecule has 6 heteroatoms. The summed E-state index contributed by atoms with van der Waals surface area (Å²) in [6, 6.07) is 3.27. The molecule has 0 radical (unpaired) electrons. The van der Waals surface area contributed by atoms with Gasteiger partial charge in [0.1, 0.15) is 12.0 Å². The van der Waals surface area contributed by atoms with Crippen molar-refractivity contribution >= 4 is 11.5 Å². The minimum atomic E-state index is -0.416. The number of nitrogens with one attached hydrogen (secondary N) is 1. The molecule has 0 unspecified atom stereocenters. The Balaban J connectivity index is 1.88. The molecule has 104 valence electrons. The maximum Gasteiger partial charge on any atom is 0.287 e. The van der Waals surface area contributed by atoms with E-state index < -0.39 is 4.92 Å². The van der Waals surface area contributed by atoms with Crippen LogP contribution in [0.4, 0.5) is 11.5 Å². The van der Waals surface area contributed by atoms with E-state index >= 15 is 0 Å². The van der Waals surface area contributed by atoms with Crippen molar-refractivity contribution in [1.82, 2.24) is 10.3 Å². The van der Waals surface area contributed by atoms with Crippen LogP contribution in [0.3, 0.4) is 0 Å². The average Bonchev–Trinajstić information content (AvgIpc) is 2.46.